The smallest absolute Gasteiger partial charge is 0.238 e. The predicted octanol–water partition coefficient (Wildman–Crippen LogP) is 1.28. The van der Waals surface area contributed by atoms with Crippen molar-refractivity contribution in [1.29, 1.82) is 0 Å². The SMILES string of the molecule is Cc1nn([C@@H]2CCS(=O)(=O)C2)c(C)c1CN(C)CC(=O)Nc1c(C)nn(C)c1C. The fourth-order valence-electron chi connectivity index (χ4n) is 3.95. The minimum atomic E-state index is -2.97. The lowest BCUT2D eigenvalue weighted by molar-refractivity contribution is -0.117. The van der Waals surface area contributed by atoms with Crippen LogP contribution in [0.5, 0.6) is 0 Å². The van der Waals surface area contributed by atoms with E-state index in [1.165, 1.54) is 0 Å². The molecule has 29 heavy (non-hydrogen) atoms. The van der Waals surface area contributed by atoms with Gasteiger partial charge in [0.2, 0.25) is 5.91 Å². The molecule has 0 aliphatic carbocycles. The van der Waals surface area contributed by atoms with E-state index in [9.17, 15) is 13.2 Å². The number of anilines is 1. The van der Waals surface area contributed by atoms with Crippen LogP contribution in [0.3, 0.4) is 0 Å². The van der Waals surface area contributed by atoms with Crippen molar-refractivity contribution in [2.45, 2.75) is 46.7 Å². The molecule has 1 N–H and O–H groups in total. The zero-order chi connectivity index (χ0) is 21.5. The number of carbonyl (C=O) groups is 1. The summed E-state index contributed by atoms with van der Waals surface area (Å²) in [5.41, 5.74) is 5.35. The highest BCUT2D eigenvalue weighted by molar-refractivity contribution is 7.91. The Kier molecular flexibility index (Phi) is 5.86. The quantitative estimate of drug-likeness (QED) is 0.752. The van der Waals surface area contributed by atoms with Gasteiger partial charge in [-0.3, -0.25) is 19.1 Å². The summed E-state index contributed by atoms with van der Waals surface area (Å²) in [6, 6.07) is -0.0995. The Morgan fingerprint density at radius 1 is 1.17 bits per heavy atom. The highest BCUT2D eigenvalue weighted by Gasteiger charge is 2.31. The molecule has 1 aliphatic rings. The zero-order valence-corrected chi connectivity index (χ0v) is 18.8. The Hall–Kier alpha value is -2.20. The van der Waals surface area contributed by atoms with Crippen molar-refractivity contribution >= 4 is 21.4 Å². The second-order valence-corrected chi connectivity index (χ2v) is 10.3. The molecule has 1 saturated heterocycles. The van der Waals surface area contributed by atoms with Gasteiger partial charge in [-0.1, -0.05) is 0 Å². The third-order valence-corrected chi connectivity index (χ3v) is 7.39. The van der Waals surface area contributed by atoms with Gasteiger partial charge in [-0.2, -0.15) is 10.2 Å². The van der Waals surface area contributed by atoms with E-state index >= 15 is 0 Å². The van der Waals surface area contributed by atoms with E-state index in [2.05, 4.69) is 15.5 Å². The highest BCUT2D eigenvalue weighted by atomic mass is 32.2. The predicted molar refractivity (Wildman–Crippen MR) is 112 cm³/mol. The number of likely N-dealkylation sites (N-methyl/N-ethyl adjacent to an activating group) is 1. The van der Waals surface area contributed by atoms with Gasteiger partial charge in [-0.25, -0.2) is 8.42 Å². The molecule has 1 atom stereocenters. The Morgan fingerprint density at radius 2 is 1.86 bits per heavy atom. The summed E-state index contributed by atoms with van der Waals surface area (Å²) < 4.78 is 27.2. The molecule has 0 aromatic carbocycles. The molecular weight excluding hydrogens is 392 g/mol. The zero-order valence-electron chi connectivity index (χ0n) is 18.0. The van der Waals surface area contributed by atoms with Crippen LogP contribution >= 0.6 is 0 Å². The first kappa shape index (κ1) is 21.5. The van der Waals surface area contributed by atoms with Gasteiger partial charge in [0.1, 0.15) is 0 Å². The van der Waals surface area contributed by atoms with Gasteiger partial charge in [0.25, 0.3) is 0 Å². The maximum Gasteiger partial charge on any atom is 0.238 e. The van der Waals surface area contributed by atoms with Crippen molar-refractivity contribution in [2.24, 2.45) is 7.05 Å². The van der Waals surface area contributed by atoms with Crippen molar-refractivity contribution in [2.75, 3.05) is 30.4 Å². The minimum Gasteiger partial charge on any atom is -0.322 e. The summed E-state index contributed by atoms with van der Waals surface area (Å²) in [5.74, 6) is 0.269. The molecule has 9 nitrogen and oxygen atoms in total. The number of nitrogens with one attached hydrogen (secondary N) is 1. The summed E-state index contributed by atoms with van der Waals surface area (Å²) in [6.07, 6.45) is 0.603. The standard InChI is InChI=1S/C19H30N6O3S/c1-12-17(14(3)25(22-12)16-7-8-29(27,28)11-16)9-23(5)10-18(26)20-19-13(2)21-24(6)15(19)4/h16H,7-11H2,1-6H3,(H,20,26)/t16-/m1/s1. The van der Waals surface area contributed by atoms with Gasteiger partial charge in [0, 0.05) is 24.8 Å². The van der Waals surface area contributed by atoms with Gasteiger partial charge < -0.3 is 5.32 Å². The van der Waals surface area contributed by atoms with Crippen molar-refractivity contribution in [3.63, 3.8) is 0 Å². The average molecular weight is 423 g/mol. The first-order valence-corrected chi connectivity index (χ1v) is 11.5. The Labute approximate surface area is 172 Å². The molecule has 3 heterocycles. The van der Waals surface area contributed by atoms with Crippen LogP contribution in [-0.4, -0.2) is 63.9 Å². The molecule has 1 amide bonds. The van der Waals surface area contributed by atoms with E-state index in [0.717, 1.165) is 34.0 Å². The van der Waals surface area contributed by atoms with Crippen LogP contribution < -0.4 is 5.32 Å². The van der Waals surface area contributed by atoms with Crippen LogP contribution in [0.15, 0.2) is 0 Å². The summed E-state index contributed by atoms with van der Waals surface area (Å²) in [4.78, 5) is 14.4. The maximum atomic E-state index is 12.5. The third kappa shape index (κ3) is 4.53. The Bertz CT molecular complexity index is 1040. The van der Waals surface area contributed by atoms with Crippen LogP contribution in [0.2, 0.25) is 0 Å². The van der Waals surface area contributed by atoms with Gasteiger partial charge in [0.05, 0.1) is 46.9 Å². The largest absolute Gasteiger partial charge is 0.322 e. The summed E-state index contributed by atoms with van der Waals surface area (Å²) >= 11 is 0. The van der Waals surface area contributed by atoms with Crippen LogP contribution in [0.25, 0.3) is 0 Å². The number of rotatable bonds is 6. The lowest BCUT2D eigenvalue weighted by Gasteiger charge is -2.17. The highest BCUT2D eigenvalue weighted by Crippen LogP contribution is 2.27. The lowest BCUT2D eigenvalue weighted by atomic mass is 10.1. The molecule has 0 unspecified atom stereocenters. The number of aryl methyl sites for hydroxylation is 3. The number of sulfone groups is 1. The number of aromatic nitrogens is 4. The fourth-order valence-corrected chi connectivity index (χ4v) is 5.65. The molecule has 0 bridgehead atoms. The number of carbonyl (C=O) groups excluding carboxylic acids is 1. The lowest BCUT2D eigenvalue weighted by Crippen LogP contribution is -2.30. The molecule has 1 aliphatic heterocycles. The van der Waals surface area contributed by atoms with E-state index in [0.29, 0.717) is 13.0 Å². The van der Waals surface area contributed by atoms with E-state index in [1.54, 1.807) is 4.68 Å². The van der Waals surface area contributed by atoms with Crippen molar-refractivity contribution in [1.82, 2.24) is 24.5 Å². The molecule has 0 spiro atoms. The van der Waals surface area contributed by atoms with E-state index in [4.69, 9.17) is 0 Å². The summed E-state index contributed by atoms with van der Waals surface area (Å²) in [6.45, 7) is 8.49. The number of nitrogens with zero attached hydrogens (tertiary/aromatic N) is 5. The topological polar surface area (TPSA) is 102 Å². The fraction of sp³-hybridized carbons (Fsp3) is 0.632. The molecule has 10 heteroatoms. The maximum absolute atomic E-state index is 12.5. The van der Waals surface area contributed by atoms with Crippen LogP contribution in [0.4, 0.5) is 5.69 Å². The number of hydrogen-bond acceptors (Lipinski definition) is 6. The minimum absolute atomic E-state index is 0.0995. The second kappa shape index (κ2) is 7.91. The summed E-state index contributed by atoms with van der Waals surface area (Å²) in [5, 5.41) is 11.9. The van der Waals surface area contributed by atoms with Gasteiger partial charge in [0.15, 0.2) is 9.84 Å². The Balaban J connectivity index is 1.66. The second-order valence-electron chi connectivity index (χ2n) is 8.04. The molecule has 0 radical (unpaired) electrons. The van der Waals surface area contributed by atoms with E-state index < -0.39 is 9.84 Å². The van der Waals surface area contributed by atoms with Crippen molar-refractivity contribution in [3.05, 3.63) is 28.3 Å². The first-order valence-electron chi connectivity index (χ1n) is 9.72. The molecule has 160 valence electrons. The molecule has 2 aromatic heterocycles. The normalized spacial score (nSPS) is 18.5. The molecule has 1 fully saturated rings. The molecular formula is C19H30N6O3S. The molecule has 2 aromatic rings. The van der Waals surface area contributed by atoms with Gasteiger partial charge >= 0.3 is 0 Å². The molecule has 0 saturated carbocycles. The van der Waals surface area contributed by atoms with E-state index in [1.807, 2.05) is 51.4 Å². The monoisotopic (exact) mass is 422 g/mol. The average Bonchev–Trinajstić information content (AvgIpc) is 3.19. The third-order valence-electron chi connectivity index (χ3n) is 5.64. The Morgan fingerprint density at radius 3 is 2.41 bits per heavy atom. The van der Waals surface area contributed by atoms with Gasteiger partial charge in [-0.05, 0) is 41.2 Å². The molecule has 3 rings (SSSR count). The van der Waals surface area contributed by atoms with Crippen LogP contribution in [-0.2, 0) is 28.2 Å². The van der Waals surface area contributed by atoms with Crippen LogP contribution in [0, 0.1) is 27.7 Å². The van der Waals surface area contributed by atoms with Crippen molar-refractivity contribution < 1.29 is 13.2 Å². The first-order chi connectivity index (χ1) is 13.5. The van der Waals surface area contributed by atoms with E-state index in [-0.39, 0.29) is 30.0 Å². The number of amides is 1. The van der Waals surface area contributed by atoms with Crippen LogP contribution in [0.1, 0.15) is 40.8 Å². The van der Waals surface area contributed by atoms with Gasteiger partial charge in [-0.15, -0.1) is 0 Å². The number of hydrogen-bond donors (Lipinski definition) is 1. The summed E-state index contributed by atoms with van der Waals surface area (Å²) in [7, 11) is 0.769. The van der Waals surface area contributed by atoms with Crippen molar-refractivity contribution in [3.8, 4) is 0 Å².